The molecule has 0 bridgehead atoms. The molecule has 0 amide bonds. The zero-order chi connectivity index (χ0) is 13.9. The van der Waals surface area contributed by atoms with Crippen LogP contribution < -0.4 is 5.32 Å². The summed E-state index contributed by atoms with van der Waals surface area (Å²) in [5.41, 5.74) is 0.861. The second kappa shape index (κ2) is 5.57. The van der Waals surface area contributed by atoms with E-state index >= 15 is 0 Å². The maximum atomic E-state index is 10.5. The third kappa shape index (κ3) is 4.53. The first-order chi connectivity index (χ1) is 8.19. The minimum absolute atomic E-state index is 0.00542. The van der Waals surface area contributed by atoms with Crippen molar-refractivity contribution in [2.45, 2.75) is 32.9 Å². The van der Waals surface area contributed by atoms with E-state index in [2.05, 4.69) is 58.7 Å². The number of aromatic nitrogens is 3. The topological polar surface area (TPSA) is 85.9 Å². The first-order valence-corrected chi connectivity index (χ1v) is 6.15. The summed E-state index contributed by atoms with van der Waals surface area (Å²) in [6, 6.07) is 0. The molecule has 0 fully saturated rings. The fraction of sp³-hybridized carbons (Fsp3) is 0.600. The highest BCUT2D eigenvalue weighted by Crippen LogP contribution is 2.13. The summed E-state index contributed by atoms with van der Waals surface area (Å²) in [4.78, 5) is 13.6. The number of halogens is 1. The molecule has 0 aromatic carbocycles. The molecule has 0 aliphatic rings. The van der Waals surface area contributed by atoms with Gasteiger partial charge < -0.3 is 15.4 Å². The van der Waals surface area contributed by atoms with E-state index in [4.69, 9.17) is 0 Å². The number of hydrogen-bond acceptors (Lipinski definition) is 5. The van der Waals surface area contributed by atoms with Crippen LogP contribution in [-0.4, -0.2) is 31.8 Å². The van der Waals surface area contributed by atoms with Crippen molar-refractivity contribution in [3.63, 3.8) is 0 Å². The second-order valence-corrected chi connectivity index (χ2v) is 5.66. The van der Waals surface area contributed by atoms with Gasteiger partial charge in [0, 0.05) is 33.1 Å². The fourth-order valence-corrected chi connectivity index (χ4v) is 1.51. The first kappa shape index (κ1) is 14.8. The van der Waals surface area contributed by atoms with Crippen molar-refractivity contribution in [2.24, 2.45) is 0 Å². The Morgan fingerprint density at radius 3 is 2.67 bits per heavy atom. The number of nitro groups is 1. The van der Waals surface area contributed by atoms with Gasteiger partial charge in [-0.3, -0.25) is 0 Å². The van der Waals surface area contributed by atoms with Gasteiger partial charge in [-0.1, -0.05) is 6.58 Å². The zero-order valence-corrected chi connectivity index (χ0v) is 12.2. The lowest BCUT2D eigenvalue weighted by atomic mass is 10.1. The standard InChI is InChI=1S/C10H16BrN5O2/c1-7(5-12-10(2,3)4)6-15-8(11)13-9(14-15)16(17)18/h12H,1,5-6H2,2-4H3. The Hall–Kier alpha value is -1.28. The van der Waals surface area contributed by atoms with Crippen LogP contribution in [0.4, 0.5) is 5.95 Å². The third-order valence-electron chi connectivity index (χ3n) is 2.02. The minimum Gasteiger partial charge on any atom is -0.390 e. The quantitative estimate of drug-likeness (QED) is 0.509. The molecule has 8 heteroatoms. The van der Waals surface area contributed by atoms with Crippen molar-refractivity contribution in [1.82, 2.24) is 20.1 Å². The number of nitrogens with zero attached hydrogens (tertiary/aromatic N) is 4. The van der Waals surface area contributed by atoms with Crippen LogP contribution in [0.5, 0.6) is 0 Å². The third-order valence-corrected chi connectivity index (χ3v) is 2.61. The summed E-state index contributed by atoms with van der Waals surface area (Å²) in [6.07, 6.45) is 0. The van der Waals surface area contributed by atoms with Crippen LogP contribution in [-0.2, 0) is 6.54 Å². The zero-order valence-electron chi connectivity index (χ0n) is 10.6. The molecule has 18 heavy (non-hydrogen) atoms. The van der Waals surface area contributed by atoms with Crippen LogP contribution in [0.15, 0.2) is 16.9 Å². The van der Waals surface area contributed by atoms with E-state index in [9.17, 15) is 10.1 Å². The molecular formula is C10H16BrN5O2. The average Bonchev–Trinajstić information content (AvgIpc) is 2.57. The van der Waals surface area contributed by atoms with E-state index < -0.39 is 10.9 Å². The van der Waals surface area contributed by atoms with Gasteiger partial charge in [-0.05, 0) is 36.3 Å². The SMILES string of the molecule is C=C(CNC(C)(C)C)Cn1nc([N+](=O)[O-])nc1Br. The lowest BCUT2D eigenvalue weighted by Crippen LogP contribution is -2.37. The molecule has 1 aromatic rings. The van der Waals surface area contributed by atoms with Crippen molar-refractivity contribution < 1.29 is 4.92 Å². The predicted molar refractivity (Wildman–Crippen MR) is 71.3 cm³/mol. The molecule has 0 spiro atoms. The molecule has 1 heterocycles. The Morgan fingerprint density at radius 2 is 2.22 bits per heavy atom. The summed E-state index contributed by atoms with van der Waals surface area (Å²) in [5, 5.41) is 17.6. The molecule has 0 saturated carbocycles. The molecule has 1 aromatic heterocycles. The second-order valence-electron chi connectivity index (χ2n) is 4.95. The van der Waals surface area contributed by atoms with Gasteiger partial charge in [-0.15, -0.1) is 0 Å². The summed E-state index contributed by atoms with van der Waals surface area (Å²) < 4.78 is 1.73. The number of hydrogen-bond donors (Lipinski definition) is 1. The van der Waals surface area contributed by atoms with Gasteiger partial charge in [0.15, 0.2) is 0 Å². The van der Waals surface area contributed by atoms with E-state index in [-0.39, 0.29) is 5.54 Å². The molecule has 0 atom stereocenters. The lowest BCUT2D eigenvalue weighted by molar-refractivity contribution is -0.394. The Balaban J connectivity index is 2.62. The normalized spacial score (nSPS) is 11.6. The van der Waals surface area contributed by atoms with Gasteiger partial charge in [0.2, 0.25) is 0 Å². The fourth-order valence-electron chi connectivity index (χ4n) is 1.15. The van der Waals surface area contributed by atoms with Gasteiger partial charge in [-0.2, -0.15) is 4.68 Å². The van der Waals surface area contributed by atoms with Crippen LogP contribution in [0.1, 0.15) is 20.8 Å². The predicted octanol–water partition coefficient (Wildman–Crippen LogP) is 1.89. The molecule has 0 unspecified atom stereocenters. The van der Waals surface area contributed by atoms with Crippen molar-refractivity contribution in [2.75, 3.05) is 6.54 Å². The van der Waals surface area contributed by atoms with E-state index in [1.165, 1.54) is 4.68 Å². The molecule has 0 aliphatic carbocycles. The maximum absolute atomic E-state index is 10.5. The van der Waals surface area contributed by atoms with Crippen LogP contribution >= 0.6 is 15.9 Å². The Bertz CT molecular complexity index is 463. The summed E-state index contributed by atoms with van der Waals surface area (Å²) in [7, 11) is 0. The first-order valence-electron chi connectivity index (χ1n) is 5.35. The largest absolute Gasteiger partial charge is 0.492 e. The van der Waals surface area contributed by atoms with E-state index in [1.807, 2.05) is 0 Å². The molecule has 0 saturated heterocycles. The molecule has 100 valence electrons. The van der Waals surface area contributed by atoms with Crippen LogP contribution in [0.3, 0.4) is 0 Å². The molecular weight excluding hydrogens is 302 g/mol. The molecule has 0 aliphatic heterocycles. The molecule has 0 radical (unpaired) electrons. The molecule has 7 nitrogen and oxygen atoms in total. The van der Waals surface area contributed by atoms with E-state index in [0.29, 0.717) is 17.8 Å². The monoisotopic (exact) mass is 317 g/mol. The highest BCUT2D eigenvalue weighted by atomic mass is 79.9. The van der Waals surface area contributed by atoms with Crippen LogP contribution in [0, 0.1) is 10.1 Å². The van der Waals surface area contributed by atoms with Crippen molar-refractivity contribution in [3.05, 3.63) is 27.0 Å². The summed E-state index contributed by atoms with van der Waals surface area (Å²) in [6.45, 7) is 11.1. The number of rotatable bonds is 5. The smallest absolute Gasteiger partial charge is 0.390 e. The van der Waals surface area contributed by atoms with Crippen molar-refractivity contribution in [3.8, 4) is 0 Å². The average molecular weight is 318 g/mol. The van der Waals surface area contributed by atoms with Gasteiger partial charge in [0.05, 0.1) is 6.54 Å². The Kier molecular flexibility index (Phi) is 4.58. The van der Waals surface area contributed by atoms with Crippen molar-refractivity contribution >= 4 is 21.9 Å². The molecule has 1 N–H and O–H groups in total. The number of nitrogens with one attached hydrogen (secondary N) is 1. The van der Waals surface area contributed by atoms with Gasteiger partial charge in [-0.25, -0.2) is 0 Å². The minimum atomic E-state index is -0.628. The molecule has 1 rings (SSSR count). The lowest BCUT2D eigenvalue weighted by Gasteiger charge is -2.21. The summed E-state index contributed by atoms with van der Waals surface area (Å²) in [5.74, 6) is -0.418. The van der Waals surface area contributed by atoms with E-state index in [1.54, 1.807) is 0 Å². The Morgan fingerprint density at radius 1 is 1.61 bits per heavy atom. The Labute approximate surface area is 114 Å². The summed E-state index contributed by atoms with van der Waals surface area (Å²) >= 11 is 3.13. The maximum Gasteiger partial charge on any atom is 0.492 e. The van der Waals surface area contributed by atoms with Crippen LogP contribution in [0.2, 0.25) is 0 Å². The van der Waals surface area contributed by atoms with Gasteiger partial charge in [0.25, 0.3) is 4.73 Å². The van der Waals surface area contributed by atoms with Gasteiger partial charge in [0.1, 0.15) is 0 Å². The highest BCUT2D eigenvalue weighted by molar-refractivity contribution is 9.10. The van der Waals surface area contributed by atoms with Crippen molar-refractivity contribution in [1.29, 1.82) is 0 Å². The highest BCUT2D eigenvalue weighted by Gasteiger charge is 2.20. The van der Waals surface area contributed by atoms with Crippen LogP contribution in [0.25, 0.3) is 0 Å². The van der Waals surface area contributed by atoms with E-state index in [0.717, 1.165) is 5.57 Å². The van der Waals surface area contributed by atoms with Gasteiger partial charge >= 0.3 is 5.95 Å².